The summed E-state index contributed by atoms with van der Waals surface area (Å²) in [5.41, 5.74) is 0. The maximum atomic E-state index is 6.42. The first kappa shape index (κ1) is 13.2. The first-order valence-electron chi connectivity index (χ1n) is 7.22. The van der Waals surface area contributed by atoms with E-state index < -0.39 is 19.5 Å². The maximum absolute atomic E-state index is 6.42. The van der Waals surface area contributed by atoms with E-state index in [2.05, 4.69) is 58.0 Å². The van der Waals surface area contributed by atoms with Crippen LogP contribution in [0.2, 0.25) is 0 Å². The van der Waals surface area contributed by atoms with Crippen LogP contribution in [-0.2, 0) is 14.2 Å². The van der Waals surface area contributed by atoms with Gasteiger partial charge in [-0.05, 0) is 40.9 Å². The van der Waals surface area contributed by atoms with Gasteiger partial charge in [0.1, 0.15) is 0 Å². The molecule has 4 bridgehead atoms. The van der Waals surface area contributed by atoms with E-state index in [1.807, 2.05) is 0 Å². The Morgan fingerprint density at radius 2 is 1.30 bits per heavy atom. The van der Waals surface area contributed by atoms with Crippen LogP contribution < -0.4 is 5.30 Å². The fraction of sp³-hybridized carbons (Fsp3) is 0.625. The molecule has 0 N–H and O–H groups in total. The van der Waals surface area contributed by atoms with Gasteiger partial charge in [-0.25, -0.2) is 0 Å². The molecule has 0 amide bonds. The van der Waals surface area contributed by atoms with Gasteiger partial charge >= 0.3 is 0 Å². The van der Waals surface area contributed by atoms with Crippen molar-refractivity contribution in [3.05, 3.63) is 30.3 Å². The summed E-state index contributed by atoms with van der Waals surface area (Å²) in [6, 6.07) is 10.7. The van der Waals surface area contributed by atoms with Gasteiger partial charge in [-0.15, -0.1) is 0 Å². The molecule has 4 heteroatoms. The van der Waals surface area contributed by atoms with E-state index in [9.17, 15) is 0 Å². The van der Waals surface area contributed by atoms with Crippen LogP contribution in [-0.4, -0.2) is 22.3 Å². The van der Waals surface area contributed by atoms with Crippen molar-refractivity contribution < 1.29 is 14.2 Å². The van der Waals surface area contributed by atoms with Crippen molar-refractivity contribution in [2.24, 2.45) is 0 Å². The molecule has 0 saturated carbocycles. The molecule has 4 atom stereocenters. The van der Waals surface area contributed by atoms with Crippen LogP contribution in [0.15, 0.2) is 30.3 Å². The minimum absolute atomic E-state index is 0.177. The summed E-state index contributed by atoms with van der Waals surface area (Å²) in [4.78, 5) is 0. The Labute approximate surface area is 121 Å². The van der Waals surface area contributed by atoms with Crippen molar-refractivity contribution in [3.8, 4) is 0 Å². The zero-order valence-electron chi connectivity index (χ0n) is 12.5. The van der Waals surface area contributed by atoms with E-state index in [4.69, 9.17) is 14.2 Å². The van der Waals surface area contributed by atoms with Crippen LogP contribution in [0.5, 0.6) is 0 Å². The third-order valence-corrected chi connectivity index (χ3v) is 7.77. The Kier molecular flexibility index (Phi) is 2.41. The predicted molar refractivity (Wildman–Crippen MR) is 79.1 cm³/mol. The fourth-order valence-electron chi connectivity index (χ4n) is 4.71. The van der Waals surface area contributed by atoms with Gasteiger partial charge in [0, 0.05) is 12.8 Å². The molecule has 108 valence electrons. The summed E-state index contributed by atoms with van der Waals surface area (Å²) >= 11 is 0. The monoisotopic (exact) mass is 292 g/mol. The molecule has 1 aromatic rings. The molecule has 4 aliphatic heterocycles. The summed E-state index contributed by atoms with van der Waals surface area (Å²) in [7, 11) is -0.553. The average Bonchev–Trinajstić information content (AvgIpc) is 2.22. The lowest BCUT2D eigenvalue weighted by Gasteiger charge is -2.69. The van der Waals surface area contributed by atoms with Crippen LogP contribution in [0.25, 0.3) is 0 Å². The van der Waals surface area contributed by atoms with Crippen LogP contribution in [0.4, 0.5) is 0 Å². The number of benzene rings is 1. The Morgan fingerprint density at radius 1 is 0.800 bits per heavy atom. The molecular weight excluding hydrogens is 271 g/mol. The van der Waals surface area contributed by atoms with Crippen LogP contribution in [0, 0.1) is 0 Å². The molecule has 20 heavy (non-hydrogen) atoms. The number of hydrogen-bond acceptors (Lipinski definition) is 3. The van der Waals surface area contributed by atoms with E-state index in [-0.39, 0.29) is 10.7 Å². The largest absolute Gasteiger partial charge is 0.339 e. The number of hydrogen-bond donors (Lipinski definition) is 0. The zero-order chi connectivity index (χ0) is 14.2. The summed E-state index contributed by atoms with van der Waals surface area (Å²) in [6.45, 7) is 8.59. The van der Waals surface area contributed by atoms with E-state index in [0.29, 0.717) is 0 Å². The molecule has 1 aromatic carbocycles. The lowest BCUT2D eigenvalue weighted by molar-refractivity contribution is -0.467. The van der Waals surface area contributed by atoms with Crippen molar-refractivity contribution in [3.63, 3.8) is 0 Å². The van der Waals surface area contributed by atoms with Gasteiger partial charge in [0.05, 0.1) is 10.7 Å². The third-order valence-electron chi connectivity index (χ3n) is 4.56. The van der Waals surface area contributed by atoms with E-state index in [1.54, 1.807) is 0 Å². The molecule has 0 aliphatic carbocycles. The van der Waals surface area contributed by atoms with Crippen molar-refractivity contribution in [2.45, 2.75) is 62.8 Å². The van der Waals surface area contributed by atoms with Crippen LogP contribution in [0.1, 0.15) is 40.5 Å². The first-order chi connectivity index (χ1) is 9.26. The second kappa shape index (κ2) is 3.64. The summed E-state index contributed by atoms with van der Waals surface area (Å²) in [5.74, 6) is -1.02. The summed E-state index contributed by atoms with van der Waals surface area (Å²) < 4.78 is 18.9. The lowest BCUT2D eigenvalue weighted by Crippen LogP contribution is -2.72. The molecule has 4 fully saturated rings. The molecule has 0 radical (unpaired) electrons. The molecule has 4 saturated heterocycles. The van der Waals surface area contributed by atoms with Gasteiger partial charge < -0.3 is 14.2 Å². The van der Waals surface area contributed by atoms with E-state index >= 15 is 0 Å². The van der Waals surface area contributed by atoms with Crippen LogP contribution in [0.3, 0.4) is 0 Å². The molecule has 4 aliphatic rings. The average molecular weight is 292 g/mol. The zero-order valence-corrected chi connectivity index (χ0v) is 13.4. The highest BCUT2D eigenvalue weighted by Crippen LogP contribution is 2.75. The second-order valence-corrected chi connectivity index (χ2v) is 10.0. The standard InChI is InChI=1S/C16H21O3P/c1-13-10-15(3)19-14(2,17-13)11-16(4,18-13)20(15)12-8-6-5-7-9-12/h5-9H,10-11H2,1-4H3/t13-,14-,15-,16-/m0/s1. The fourth-order valence-corrected chi connectivity index (χ4v) is 8.73. The normalized spacial score (nSPS) is 53.3. The Morgan fingerprint density at radius 3 is 1.80 bits per heavy atom. The van der Waals surface area contributed by atoms with Crippen molar-refractivity contribution in [1.82, 2.24) is 0 Å². The second-order valence-electron chi connectivity index (χ2n) is 6.95. The smallest absolute Gasteiger partial charge is 0.173 e. The molecule has 5 rings (SSSR count). The Bertz CT molecular complexity index is 514. The van der Waals surface area contributed by atoms with Crippen molar-refractivity contribution in [2.75, 3.05) is 0 Å². The summed E-state index contributed by atoms with van der Waals surface area (Å²) in [6.07, 6.45) is 1.59. The number of rotatable bonds is 1. The molecule has 0 unspecified atom stereocenters. The van der Waals surface area contributed by atoms with Gasteiger partial charge in [-0.3, -0.25) is 0 Å². The van der Waals surface area contributed by atoms with E-state index in [0.717, 1.165) is 12.8 Å². The van der Waals surface area contributed by atoms with Crippen molar-refractivity contribution in [1.29, 1.82) is 0 Å². The van der Waals surface area contributed by atoms with Gasteiger partial charge in [0.2, 0.25) is 0 Å². The highest BCUT2D eigenvalue weighted by molar-refractivity contribution is 7.68. The molecule has 3 nitrogen and oxygen atoms in total. The maximum Gasteiger partial charge on any atom is 0.173 e. The minimum Gasteiger partial charge on any atom is -0.339 e. The predicted octanol–water partition coefficient (Wildman–Crippen LogP) is 3.53. The molecular formula is C16H21O3P. The number of ether oxygens (including phenoxy) is 3. The Hall–Kier alpha value is -0.470. The van der Waals surface area contributed by atoms with Gasteiger partial charge in [-0.2, -0.15) is 0 Å². The molecule has 4 heterocycles. The third kappa shape index (κ3) is 1.67. The van der Waals surface area contributed by atoms with E-state index in [1.165, 1.54) is 5.30 Å². The van der Waals surface area contributed by atoms with Gasteiger partial charge in [-0.1, -0.05) is 30.3 Å². The first-order valence-corrected chi connectivity index (χ1v) is 8.56. The minimum atomic E-state index is -0.553. The SMILES string of the molecule is C[C@@]12C[C@@]3(C)O[C@@](C)(C[C@@](C)(O1)P3c1ccccc1)O2. The topological polar surface area (TPSA) is 27.7 Å². The highest BCUT2D eigenvalue weighted by Gasteiger charge is 2.71. The summed E-state index contributed by atoms with van der Waals surface area (Å²) in [5, 5.41) is 1.01. The lowest BCUT2D eigenvalue weighted by atomic mass is 9.98. The van der Waals surface area contributed by atoms with Crippen LogP contribution >= 0.6 is 7.92 Å². The quantitative estimate of drug-likeness (QED) is 0.741. The molecule has 0 aromatic heterocycles. The van der Waals surface area contributed by atoms with Gasteiger partial charge in [0.15, 0.2) is 11.6 Å². The van der Waals surface area contributed by atoms with Gasteiger partial charge in [0.25, 0.3) is 0 Å². The molecule has 0 spiro atoms. The van der Waals surface area contributed by atoms with Crippen molar-refractivity contribution >= 4 is 13.2 Å². The Balaban J connectivity index is 1.87. The highest BCUT2D eigenvalue weighted by atomic mass is 31.1.